The number of rotatable bonds is 5. The summed E-state index contributed by atoms with van der Waals surface area (Å²) in [6.45, 7) is 0. The third-order valence-electron chi connectivity index (χ3n) is 3.76. The molecule has 0 amide bonds. The first-order chi connectivity index (χ1) is 11.7. The zero-order valence-electron chi connectivity index (χ0n) is 13.7. The van der Waals surface area contributed by atoms with E-state index in [1.807, 2.05) is 54.8 Å². The number of aromatic nitrogens is 1. The molecule has 0 atom stereocenters. The molecule has 0 aliphatic heterocycles. The van der Waals surface area contributed by atoms with Gasteiger partial charge in [-0.2, -0.15) is 0 Å². The van der Waals surface area contributed by atoms with Crippen LogP contribution in [-0.2, 0) is 0 Å². The normalized spacial score (nSPS) is 10.6. The number of fused-ring (bicyclic) bond motifs is 1. The summed E-state index contributed by atoms with van der Waals surface area (Å²) in [5.41, 5.74) is 2.00. The molecule has 1 heterocycles. The standard InChI is InChI=1S/C19H17NO3S/c1-22-16-10-13-9-14(18(21)12-7-5-4-6-8-12)19(24-3)20-15(13)11-17(16)23-2/h4-11H,1-3H3. The highest BCUT2D eigenvalue weighted by molar-refractivity contribution is 7.98. The molecule has 1 aromatic heterocycles. The number of benzene rings is 2. The first-order valence-corrected chi connectivity index (χ1v) is 8.61. The van der Waals surface area contributed by atoms with Gasteiger partial charge in [0.1, 0.15) is 5.03 Å². The molecule has 0 fully saturated rings. The van der Waals surface area contributed by atoms with Gasteiger partial charge in [-0.3, -0.25) is 4.79 Å². The second-order valence-electron chi connectivity index (χ2n) is 5.14. The summed E-state index contributed by atoms with van der Waals surface area (Å²) in [5.74, 6) is 1.19. The number of carbonyl (C=O) groups excluding carboxylic acids is 1. The van der Waals surface area contributed by atoms with Crippen LogP contribution in [0.3, 0.4) is 0 Å². The van der Waals surface area contributed by atoms with Crippen molar-refractivity contribution in [1.82, 2.24) is 4.98 Å². The van der Waals surface area contributed by atoms with E-state index in [0.717, 1.165) is 10.9 Å². The molecule has 0 radical (unpaired) electrons. The molecule has 0 saturated heterocycles. The Balaban J connectivity index is 2.19. The summed E-state index contributed by atoms with van der Waals surface area (Å²) in [6, 6.07) is 14.8. The van der Waals surface area contributed by atoms with Crippen molar-refractivity contribution in [2.45, 2.75) is 5.03 Å². The maximum atomic E-state index is 12.8. The zero-order valence-corrected chi connectivity index (χ0v) is 14.5. The fourth-order valence-electron chi connectivity index (χ4n) is 2.55. The average molecular weight is 339 g/mol. The minimum Gasteiger partial charge on any atom is -0.493 e. The van der Waals surface area contributed by atoms with E-state index in [2.05, 4.69) is 4.98 Å². The van der Waals surface area contributed by atoms with E-state index in [9.17, 15) is 4.79 Å². The lowest BCUT2D eigenvalue weighted by Crippen LogP contribution is -2.05. The minimum absolute atomic E-state index is 0.0378. The Morgan fingerprint density at radius 2 is 1.67 bits per heavy atom. The van der Waals surface area contributed by atoms with Crippen LogP contribution in [0.1, 0.15) is 15.9 Å². The Morgan fingerprint density at radius 1 is 1.00 bits per heavy atom. The number of thioether (sulfide) groups is 1. The number of methoxy groups -OCH3 is 2. The Labute approximate surface area is 144 Å². The van der Waals surface area contributed by atoms with Crippen LogP contribution < -0.4 is 9.47 Å². The molecule has 2 aromatic carbocycles. The van der Waals surface area contributed by atoms with Crippen LogP contribution in [0, 0.1) is 0 Å². The second kappa shape index (κ2) is 6.93. The molecule has 122 valence electrons. The Kier molecular flexibility index (Phi) is 4.71. The number of hydrogen-bond donors (Lipinski definition) is 0. The SMILES string of the molecule is COc1cc2cc(C(=O)c3ccccc3)c(SC)nc2cc1OC. The Morgan fingerprint density at radius 3 is 2.29 bits per heavy atom. The van der Waals surface area contributed by atoms with Gasteiger partial charge in [0, 0.05) is 17.0 Å². The minimum atomic E-state index is -0.0378. The number of hydrogen-bond acceptors (Lipinski definition) is 5. The number of carbonyl (C=O) groups is 1. The summed E-state index contributed by atoms with van der Waals surface area (Å²) in [6.07, 6.45) is 1.91. The molecule has 0 N–H and O–H groups in total. The molecule has 0 saturated carbocycles. The van der Waals surface area contributed by atoms with Crippen molar-refractivity contribution in [3.63, 3.8) is 0 Å². The van der Waals surface area contributed by atoms with Gasteiger partial charge in [0.05, 0.1) is 25.3 Å². The fraction of sp³-hybridized carbons (Fsp3) is 0.158. The van der Waals surface area contributed by atoms with Crippen molar-refractivity contribution in [2.75, 3.05) is 20.5 Å². The smallest absolute Gasteiger partial charge is 0.195 e. The van der Waals surface area contributed by atoms with Crippen LogP contribution in [0.5, 0.6) is 11.5 Å². The highest BCUT2D eigenvalue weighted by Crippen LogP contribution is 2.34. The Bertz CT molecular complexity index is 894. The molecule has 3 rings (SSSR count). The van der Waals surface area contributed by atoms with Crippen LogP contribution in [0.25, 0.3) is 10.9 Å². The van der Waals surface area contributed by atoms with Gasteiger partial charge in [0.15, 0.2) is 17.3 Å². The highest BCUT2D eigenvalue weighted by Gasteiger charge is 2.17. The third-order valence-corrected chi connectivity index (χ3v) is 4.46. The van der Waals surface area contributed by atoms with Crippen LogP contribution in [0.2, 0.25) is 0 Å². The van der Waals surface area contributed by atoms with Crippen LogP contribution in [0.4, 0.5) is 0 Å². The first kappa shape index (κ1) is 16.3. The predicted molar refractivity (Wildman–Crippen MR) is 96.5 cm³/mol. The van der Waals surface area contributed by atoms with Crippen molar-refractivity contribution in [1.29, 1.82) is 0 Å². The lowest BCUT2D eigenvalue weighted by molar-refractivity contribution is 0.103. The molecule has 3 aromatic rings. The van der Waals surface area contributed by atoms with Crippen LogP contribution in [0.15, 0.2) is 53.6 Å². The van der Waals surface area contributed by atoms with Gasteiger partial charge in [0.2, 0.25) is 0 Å². The van der Waals surface area contributed by atoms with E-state index in [4.69, 9.17) is 9.47 Å². The molecule has 24 heavy (non-hydrogen) atoms. The van der Waals surface area contributed by atoms with Gasteiger partial charge in [-0.05, 0) is 18.4 Å². The second-order valence-corrected chi connectivity index (χ2v) is 5.94. The van der Waals surface area contributed by atoms with Crippen molar-refractivity contribution >= 4 is 28.4 Å². The lowest BCUT2D eigenvalue weighted by atomic mass is 10.0. The molecule has 0 spiro atoms. The fourth-order valence-corrected chi connectivity index (χ4v) is 3.11. The summed E-state index contributed by atoms with van der Waals surface area (Å²) in [5, 5.41) is 1.54. The summed E-state index contributed by atoms with van der Waals surface area (Å²) in [4.78, 5) is 17.5. The van der Waals surface area contributed by atoms with Gasteiger partial charge in [-0.15, -0.1) is 11.8 Å². The summed E-state index contributed by atoms with van der Waals surface area (Å²) >= 11 is 1.45. The zero-order chi connectivity index (χ0) is 17.1. The Hall–Kier alpha value is -2.53. The lowest BCUT2D eigenvalue weighted by Gasteiger charge is -2.12. The number of ether oxygens (including phenoxy) is 2. The van der Waals surface area contributed by atoms with E-state index >= 15 is 0 Å². The predicted octanol–water partition coefficient (Wildman–Crippen LogP) is 4.20. The maximum Gasteiger partial charge on any atom is 0.195 e. The number of nitrogens with zero attached hydrogens (tertiary/aromatic N) is 1. The van der Waals surface area contributed by atoms with Gasteiger partial charge in [-0.25, -0.2) is 4.98 Å². The van der Waals surface area contributed by atoms with E-state index in [1.54, 1.807) is 14.2 Å². The molecule has 0 bridgehead atoms. The van der Waals surface area contributed by atoms with Crippen molar-refractivity contribution < 1.29 is 14.3 Å². The van der Waals surface area contributed by atoms with Gasteiger partial charge in [-0.1, -0.05) is 30.3 Å². The molecule has 5 heteroatoms. The first-order valence-electron chi connectivity index (χ1n) is 7.38. The average Bonchev–Trinajstić information content (AvgIpc) is 2.65. The quantitative estimate of drug-likeness (QED) is 0.515. The molecular weight excluding hydrogens is 322 g/mol. The van der Waals surface area contributed by atoms with Gasteiger partial charge in [0.25, 0.3) is 0 Å². The number of ketones is 1. The molecule has 0 unspecified atom stereocenters. The van der Waals surface area contributed by atoms with Crippen molar-refractivity contribution in [2.24, 2.45) is 0 Å². The monoisotopic (exact) mass is 339 g/mol. The summed E-state index contributed by atoms with van der Waals surface area (Å²) in [7, 11) is 3.18. The highest BCUT2D eigenvalue weighted by atomic mass is 32.2. The van der Waals surface area contributed by atoms with Crippen LogP contribution >= 0.6 is 11.8 Å². The van der Waals surface area contributed by atoms with E-state index < -0.39 is 0 Å². The number of pyridine rings is 1. The molecule has 4 nitrogen and oxygen atoms in total. The van der Waals surface area contributed by atoms with Crippen molar-refractivity contribution in [3.8, 4) is 11.5 Å². The largest absolute Gasteiger partial charge is 0.493 e. The third kappa shape index (κ3) is 2.95. The summed E-state index contributed by atoms with van der Waals surface area (Å²) < 4.78 is 10.7. The molecular formula is C19H17NO3S. The topological polar surface area (TPSA) is 48.4 Å². The van der Waals surface area contributed by atoms with E-state index in [1.165, 1.54) is 11.8 Å². The van der Waals surface area contributed by atoms with E-state index in [-0.39, 0.29) is 5.78 Å². The molecule has 0 aliphatic carbocycles. The van der Waals surface area contributed by atoms with E-state index in [0.29, 0.717) is 27.7 Å². The van der Waals surface area contributed by atoms with Gasteiger partial charge >= 0.3 is 0 Å². The van der Waals surface area contributed by atoms with Crippen LogP contribution in [-0.4, -0.2) is 31.2 Å². The van der Waals surface area contributed by atoms with Gasteiger partial charge < -0.3 is 9.47 Å². The molecule has 0 aliphatic rings. The maximum absolute atomic E-state index is 12.8. The van der Waals surface area contributed by atoms with Crippen molar-refractivity contribution in [3.05, 3.63) is 59.7 Å².